The maximum atomic E-state index is 12.7. The molecule has 1 saturated carbocycles. The van der Waals surface area contributed by atoms with Gasteiger partial charge >= 0.3 is 0 Å². The summed E-state index contributed by atoms with van der Waals surface area (Å²) in [4.78, 5) is 27.9. The lowest BCUT2D eigenvalue weighted by atomic mass is 10.1. The maximum absolute atomic E-state index is 12.7. The maximum Gasteiger partial charge on any atom is 0.226 e. The summed E-state index contributed by atoms with van der Waals surface area (Å²) in [5, 5.41) is 0.751. The van der Waals surface area contributed by atoms with Gasteiger partial charge in [0.2, 0.25) is 11.8 Å². The normalized spacial score (nSPS) is 24.8. The first kappa shape index (κ1) is 15.3. The van der Waals surface area contributed by atoms with E-state index in [9.17, 15) is 9.59 Å². The van der Waals surface area contributed by atoms with Crippen LogP contribution < -0.4 is 0 Å². The molecular formula is C17H21ClN2O2. The predicted molar refractivity (Wildman–Crippen MR) is 85.8 cm³/mol. The fourth-order valence-corrected chi connectivity index (χ4v) is 3.55. The first-order valence-corrected chi connectivity index (χ1v) is 8.24. The molecule has 1 heterocycles. The Morgan fingerprint density at radius 3 is 2.50 bits per heavy atom. The van der Waals surface area contributed by atoms with E-state index in [0.717, 1.165) is 36.5 Å². The number of benzene rings is 1. The van der Waals surface area contributed by atoms with Gasteiger partial charge in [0.1, 0.15) is 0 Å². The van der Waals surface area contributed by atoms with E-state index >= 15 is 0 Å². The lowest BCUT2D eigenvalue weighted by Crippen LogP contribution is -2.37. The lowest BCUT2D eigenvalue weighted by molar-refractivity contribution is -0.133. The van der Waals surface area contributed by atoms with E-state index < -0.39 is 0 Å². The van der Waals surface area contributed by atoms with Crippen molar-refractivity contribution in [3.05, 3.63) is 34.9 Å². The molecule has 5 heteroatoms. The Balaban J connectivity index is 1.61. The lowest BCUT2D eigenvalue weighted by Gasteiger charge is -2.21. The quantitative estimate of drug-likeness (QED) is 0.840. The van der Waals surface area contributed by atoms with Gasteiger partial charge in [-0.05, 0) is 30.4 Å². The molecule has 0 spiro atoms. The Labute approximate surface area is 136 Å². The van der Waals surface area contributed by atoms with E-state index in [4.69, 9.17) is 11.6 Å². The van der Waals surface area contributed by atoms with Crippen LogP contribution in [0.4, 0.5) is 0 Å². The Morgan fingerprint density at radius 1 is 1.09 bits per heavy atom. The molecular weight excluding hydrogens is 300 g/mol. The molecule has 2 aliphatic rings. The second-order valence-electron chi connectivity index (χ2n) is 6.16. The molecule has 0 bridgehead atoms. The van der Waals surface area contributed by atoms with Gasteiger partial charge in [-0.1, -0.05) is 29.8 Å². The molecule has 118 valence electrons. The number of halogens is 1. The minimum atomic E-state index is 0.0591. The van der Waals surface area contributed by atoms with Crippen molar-refractivity contribution in [2.24, 2.45) is 5.92 Å². The third-order valence-electron chi connectivity index (χ3n) is 4.67. The molecule has 0 aromatic heterocycles. The second-order valence-corrected chi connectivity index (χ2v) is 6.56. The van der Waals surface area contributed by atoms with Gasteiger partial charge in [0.25, 0.3) is 0 Å². The van der Waals surface area contributed by atoms with Crippen molar-refractivity contribution in [2.45, 2.75) is 25.7 Å². The first-order chi connectivity index (χ1) is 10.6. The molecule has 2 fully saturated rings. The molecule has 2 amide bonds. The summed E-state index contributed by atoms with van der Waals surface area (Å²) in [5.41, 5.74) is 1.09. The molecule has 1 aliphatic carbocycles. The topological polar surface area (TPSA) is 40.6 Å². The van der Waals surface area contributed by atoms with Gasteiger partial charge in [-0.25, -0.2) is 0 Å². The number of nitrogens with zero attached hydrogens (tertiary/aromatic N) is 2. The van der Waals surface area contributed by atoms with E-state index in [1.165, 1.54) is 0 Å². The van der Waals surface area contributed by atoms with Crippen molar-refractivity contribution < 1.29 is 9.59 Å². The molecule has 22 heavy (non-hydrogen) atoms. The van der Waals surface area contributed by atoms with Gasteiger partial charge in [-0.3, -0.25) is 9.59 Å². The van der Waals surface area contributed by atoms with Crippen LogP contribution in [-0.2, 0) is 9.59 Å². The van der Waals surface area contributed by atoms with Crippen LogP contribution in [0.5, 0.6) is 0 Å². The van der Waals surface area contributed by atoms with Gasteiger partial charge in [-0.15, -0.1) is 0 Å². The second kappa shape index (κ2) is 6.29. The van der Waals surface area contributed by atoms with Crippen molar-refractivity contribution in [2.75, 3.05) is 26.2 Å². The zero-order chi connectivity index (χ0) is 15.7. The summed E-state index contributed by atoms with van der Waals surface area (Å²) < 4.78 is 0. The summed E-state index contributed by atoms with van der Waals surface area (Å²) in [5.74, 6) is 0.627. The highest BCUT2D eigenvalue weighted by Gasteiger charge is 2.46. The van der Waals surface area contributed by atoms with Crippen molar-refractivity contribution in [3.63, 3.8) is 0 Å². The average Bonchev–Trinajstić information content (AvgIpc) is 3.30. The Bertz CT molecular complexity index is 590. The largest absolute Gasteiger partial charge is 0.341 e. The van der Waals surface area contributed by atoms with E-state index in [-0.39, 0.29) is 23.7 Å². The molecule has 1 aromatic carbocycles. The van der Waals surface area contributed by atoms with Crippen molar-refractivity contribution in [3.8, 4) is 0 Å². The van der Waals surface area contributed by atoms with Gasteiger partial charge < -0.3 is 9.80 Å². The van der Waals surface area contributed by atoms with E-state index in [1.807, 2.05) is 34.1 Å². The third-order valence-corrected chi connectivity index (χ3v) is 5.01. The van der Waals surface area contributed by atoms with Crippen LogP contribution in [0.1, 0.15) is 31.2 Å². The first-order valence-electron chi connectivity index (χ1n) is 7.86. The molecule has 1 saturated heterocycles. The zero-order valence-corrected chi connectivity index (χ0v) is 13.6. The fraction of sp³-hybridized carbons (Fsp3) is 0.529. The van der Waals surface area contributed by atoms with Gasteiger partial charge in [-0.2, -0.15) is 0 Å². The Morgan fingerprint density at radius 2 is 1.77 bits per heavy atom. The van der Waals surface area contributed by atoms with Crippen LogP contribution in [0.15, 0.2) is 24.3 Å². The smallest absolute Gasteiger partial charge is 0.226 e. The van der Waals surface area contributed by atoms with Crippen molar-refractivity contribution in [1.29, 1.82) is 0 Å². The highest BCUT2D eigenvalue weighted by atomic mass is 35.5. The van der Waals surface area contributed by atoms with Crippen LogP contribution in [0.25, 0.3) is 0 Å². The minimum absolute atomic E-state index is 0.0591. The summed E-state index contributed by atoms with van der Waals surface area (Å²) in [7, 11) is 0. The van der Waals surface area contributed by atoms with E-state index in [2.05, 4.69) is 0 Å². The molecule has 0 N–H and O–H groups in total. The van der Waals surface area contributed by atoms with Crippen LogP contribution in [0.2, 0.25) is 5.02 Å². The van der Waals surface area contributed by atoms with Crippen molar-refractivity contribution in [1.82, 2.24) is 9.80 Å². The van der Waals surface area contributed by atoms with Crippen molar-refractivity contribution >= 4 is 23.4 Å². The number of amides is 2. The van der Waals surface area contributed by atoms with Crippen LogP contribution in [-0.4, -0.2) is 47.8 Å². The molecule has 4 nitrogen and oxygen atoms in total. The number of hydrogen-bond donors (Lipinski definition) is 0. The van der Waals surface area contributed by atoms with E-state index in [1.54, 1.807) is 6.92 Å². The summed E-state index contributed by atoms with van der Waals surface area (Å²) in [6.45, 7) is 4.37. The monoisotopic (exact) mass is 320 g/mol. The molecule has 2 atom stereocenters. The van der Waals surface area contributed by atoms with Crippen LogP contribution in [0, 0.1) is 5.92 Å². The van der Waals surface area contributed by atoms with E-state index in [0.29, 0.717) is 13.1 Å². The SMILES string of the molecule is CC(=O)N1CCCN(C(=O)C2CC2c2ccccc2Cl)CC1. The minimum Gasteiger partial charge on any atom is -0.341 e. The molecule has 2 unspecified atom stereocenters. The highest BCUT2D eigenvalue weighted by Crippen LogP contribution is 2.50. The highest BCUT2D eigenvalue weighted by molar-refractivity contribution is 6.31. The van der Waals surface area contributed by atoms with Crippen LogP contribution in [0.3, 0.4) is 0 Å². The Hall–Kier alpha value is -1.55. The molecule has 3 rings (SSSR count). The molecule has 1 aliphatic heterocycles. The summed E-state index contributed by atoms with van der Waals surface area (Å²) in [6.07, 6.45) is 1.74. The summed E-state index contributed by atoms with van der Waals surface area (Å²) >= 11 is 6.23. The number of rotatable bonds is 2. The van der Waals surface area contributed by atoms with Gasteiger partial charge in [0.15, 0.2) is 0 Å². The number of hydrogen-bond acceptors (Lipinski definition) is 2. The number of carbonyl (C=O) groups is 2. The number of carbonyl (C=O) groups excluding carboxylic acids is 2. The Kier molecular flexibility index (Phi) is 4.39. The average molecular weight is 321 g/mol. The van der Waals surface area contributed by atoms with Crippen LogP contribution >= 0.6 is 11.6 Å². The fourth-order valence-electron chi connectivity index (χ4n) is 3.27. The molecule has 0 radical (unpaired) electrons. The predicted octanol–water partition coefficient (Wildman–Crippen LogP) is 2.52. The standard InChI is InChI=1S/C17H21ClN2O2/c1-12(21)19-7-4-8-20(10-9-19)17(22)15-11-14(15)13-5-2-3-6-16(13)18/h2-3,5-6,14-15H,4,7-11H2,1H3. The summed E-state index contributed by atoms with van der Waals surface area (Å²) in [6, 6.07) is 7.78. The van der Waals surface area contributed by atoms with Gasteiger partial charge in [0, 0.05) is 44.0 Å². The molecule has 1 aromatic rings. The van der Waals surface area contributed by atoms with Gasteiger partial charge in [0.05, 0.1) is 0 Å². The zero-order valence-electron chi connectivity index (χ0n) is 12.8. The third kappa shape index (κ3) is 3.12.